The van der Waals surface area contributed by atoms with Gasteiger partial charge in [-0.1, -0.05) is 125 Å². The van der Waals surface area contributed by atoms with E-state index >= 15 is 0 Å². The lowest BCUT2D eigenvalue weighted by molar-refractivity contribution is -0.161. The van der Waals surface area contributed by atoms with Crippen LogP contribution >= 0.6 is 7.82 Å². The molecule has 1 unspecified atom stereocenters. The summed E-state index contributed by atoms with van der Waals surface area (Å²) in [6.45, 7) is 1.93. The Bertz CT molecular complexity index is 1260. The third-order valence-corrected chi connectivity index (χ3v) is 9.16. The molecule has 0 saturated carbocycles. The van der Waals surface area contributed by atoms with Crippen LogP contribution in [0.15, 0.2) is 85.1 Å². The molecular weight excluding hydrogens is 751 g/mol. The predicted molar refractivity (Wildman–Crippen MR) is 226 cm³/mol. The van der Waals surface area contributed by atoms with Gasteiger partial charge in [-0.3, -0.25) is 18.6 Å². The van der Waals surface area contributed by atoms with E-state index in [-0.39, 0.29) is 19.3 Å². The Morgan fingerprint density at radius 2 is 1.14 bits per heavy atom. The first-order chi connectivity index (χ1) is 27.5. The topological polar surface area (TPSA) is 189 Å². The van der Waals surface area contributed by atoms with Gasteiger partial charge >= 0.3 is 19.8 Å². The first-order valence-corrected chi connectivity index (χ1v) is 22.3. The number of ether oxygens (including phenoxy) is 2. The molecule has 0 fully saturated rings. The van der Waals surface area contributed by atoms with Gasteiger partial charge < -0.3 is 34.8 Å². The predicted octanol–water partition coefficient (Wildman–Crippen LogP) is 8.61. The average molecular weight is 825 g/mol. The second-order valence-electron chi connectivity index (χ2n) is 13.7. The van der Waals surface area contributed by atoms with Crippen molar-refractivity contribution in [3.63, 3.8) is 0 Å². The zero-order chi connectivity index (χ0) is 42.2. The SMILES string of the molecule is CCCCC/C=C\C/C=C\C/C=C\CCCCC(=O)O[C@H](COC(=O)CCC[C@H](O)\C=C/C=C/C=C/[C@H](O)C/C=C\CCCCC)COP(=O)(O)OC[C@@H](O)CO. The Morgan fingerprint density at radius 3 is 1.74 bits per heavy atom. The van der Waals surface area contributed by atoms with Crippen LogP contribution < -0.4 is 0 Å². The van der Waals surface area contributed by atoms with Gasteiger partial charge in [-0.05, 0) is 77.0 Å². The molecule has 326 valence electrons. The van der Waals surface area contributed by atoms with Crippen LogP contribution in [0.4, 0.5) is 0 Å². The number of carbonyl (C=O) groups excluding carboxylic acids is 2. The zero-order valence-electron chi connectivity index (χ0n) is 34.5. The summed E-state index contributed by atoms with van der Waals surface area (Å²) in [5, 5.41) is 38.5. The number of phosphoric ester groups is 1. The van der Waals surface area contributed by atoms with Crippen LogP contribution in [0, 0.1) is 0 Å². The molecule has 0 bridgehead atoms. The lowest BCUT2D eigenvalue weighted by atomic mass is 10.1. The molecule has 0 spiro atoms. The molecule has 12 nitrogen and oxygen atoms in total. The highest BCUT2D eigenvalue weighted by atomic mass is 31.2. The largest absolute Gasteiger partial charge is 0.472 e. The van der Waals surface area contributed by atoms with Crippen LogP contribution in [-0.2, 0) is 32.7 Å². The summed E-state index contributed by atoms with van der Waals surface area (Å²) in [6.07, 6.45) is 37.5. The van der Waals surface area contributed by atoms with Crippen LogP contribution in [0.3, 0.4) is 0 Å². The minimum absolute atomic E-state index is 0.0317. The standard InChI is InChI=1S/C44H73O12P/c1-3-5-7-9-11-12-13-14-15-16-17-18-19-21-27-33-44(50)56-42(38-55-57(51,52)54-36-41(48)35-45)37-53-43(49)34-28-32-40(47)31-26-23-22-25-30-39(46)29-24-20-10-8-6-4-2/h11-12,14-15,17-18,20,22-26,30-31,39-42,45-48H,3-10,13,16,19,21,27-29,32-38H2,1-2H3,(H,51,52)/b12-11-,15-14-,18-17-,23-22+,24-20-,30-25+,31-26-/t39-,40-,41+,42-/m1/s1. The summed E-state index contributed by atoms with van der Waals surface area (Å²) in [5.41, 5.74) is 0. The van der Waals surface area contributed by atoms with Crippen molar-refractivity contribution < 1.29 is 58.0 Å². The molecule has 0 saturated heterocycles. The number of unbranched alkanes of at least 4 members (excludes halogenated alkanes) is 8. The van der Waals surface area contributed by atoms with E-state index in [1.807, 2.05) is 6.08 Å². The lowest BCUT2D eigenvalue weighted by Crippen LogP contribution is -2.30. The molecular formula is C44H73O12P. The number of aliphatic hydroxyl groups is 4. The number of hydrogen-bond donors (Lipinski definition) is 5. The number of esters is 2. The maximum absolute atomic E-state index is 12.6. The number of phosphoric acid groups is 1. The normalized spacial score (nSPS) is 15.8. The van der Waals surface area contributed by atoms with Crippen LogP contribution in [0.2, 0.25) is 0 Å². The van der Waals surface area contributed by atoms with E-state index in [1.165, 1.54) is 32.1 Å². The van der Waals surface area contributed by atoms with Gasteiger partial charge in [0.25, 0.3) is 0 Å². The van der Waals surface area contributed by atoms with Gasteiger partial charge in [0.15, 0.2) is 6.10 Å². The average Bonchev–Trinajstić information content (AvgIpc) is 3.19. The molecule has 0 amide bonds. The molecule has 0 radical (unpaired) electrons. The molecule has 13 heteroatoms. The van der Waals surface area contributed by atoms with Gasteiger partial charge in [0.05, 0.1) is 32.0 Å². The van der Waals surface area contributed by atoms with E-state index in [1.54, 1.807) is 36.5 Å². The number of allylic oxidation sites excluding steroid dienone is 11. The minimum Gasteiger partial charge on any atom is -0.462 e. The number of hydrogen-bond acceptors (Lipinski definition) is 11. The van der Waals surface area contributed by atoms with E-state index in [2.05, 4.69) is 60.9 Å². The molecule has 0 heterocycles. The van der Waals surface area contributed by atoms with Gasteiger partial charge in [0, 0.05) is 12.8 Å². The molecule has 5 atom stereocenters. The molecule has 0 aliphatic carbocycles. The Morgan fingerprint density at radius 1 is 0.614 bits per heavy atom. The summed E-state index contributed by atoms with van der Waals surface area (Å²) >= 11 is 0. The summed E-state index contributed by atoms with van der Waals surface area (Å²) in [4.78, 5) is 34.9. The van der Waals surface area contributed by atoms with Gasteiger partial charge in [-0.25, -0.2) is 4.57 Å². The van der Waals surface area contributed by atoms with Crippen molar-refractivity contribution in [2.45, 2.75) is 154 Å². The van der Waals surface area contributed by atoms with Crippen LogP contribution in [-0.4, -0.2) is 88.1 Å². The number of aliphatic hydroxyl groups excluding tert-OH is 4. The number of rotatable bonds is 37. The highest BCUT2D eigenvalue weighted by Crippen LogP contribution is 2.43. The van der Waals surface area contributed by atoms with E-state index in [0.717, 1.165) is 44.9 Å². The van der Waals surface area contributed by atoms with Crippen molar-refractivity contribution in [1.82, 2.24) is 0 Å². The maximum Gasteiger partial charge on any atom is 0.472 e. The second kappa shape index (κ2) is 38.6. The fourth-order valence-electron chi connectivity index (χ4n) is 4.90. The van der Waals surface area contributed by atoms with E-state index in [0.29, 0.717) is 19.3 Å². The monoisotopic (exact) mass is 824 g/mol. The van der Waals surface area contributed by atoms with Crippen LogP contribution in [0.1, 0.15) is 129 Å². The lowest BCUT2D eigenvalue weighted by Gasteiger charge is -2.20. The van der Waals surface area contributed by atoms with Crippen molar-refractivity contribution >= 4 is 19.8 Å². The maximum atomic E-state index is 12.6. The van der Waals surface area contributed by atoms with Gasteiger partial charge in [0.1, 0.15) is 12.7 Å². The highest BCUT2D eigenvalue weighted by molar-refractivity contribution is 7.47. The van der Waals surface area contributed by atoms with Crippen molar-refractivity contribution in [2.75, 3.05) is 26.4 Å². The van der Waals surface area contributed by atoms with Gasteiger partial charge in [-0.15, -0.1) is 0 Å². The summed E-state index contributed by atoms with van der Waals surface area (Å²) < 4.78 is 32.4. The molecule has 0 aromatic rings. The number of carbonyl (C=O) groups is 2. The van der Waals surface area contributed by atoms with E-state index in [4.69, 9.17) is 19.1 Å². The Balaban J connectivity index is 4.67. The smallest absolute Gasteiger partial charge is 0.462 e. The van der Waals surface area contributed by atoms with Crippen molar-refractivity contribution in [1.29, 1.82) is 0 Å². The quantitative estimate of drug-likeness (QED) is 0.0132. The molecule has 5 N–H and O–H groups in total. The van der Waals surface area contributed by atoms with Crippen molar-refractivity contribution in [2.24, 2.45) is 0 Å². The molecule has 0 aliphatic rings. The summed E-state index contributed by atoms with van der Waals surface area (Å²) in [6, 6.07) is 0. The second-order valence-corrected chi connectivity index (χ2v) is 15.2. The fraction of sp³-hybridized carbons (Fsp3) is 0.636. The van der Waals surface area contributed by atoms with Crippen molar-refractivity contribution in [3.05, 3.63) is 85.1 Å². The molecule has 57 heavy (non-hydrogen) atoms. The molecule has 0 aromatic carbocycles. The van der Waals surface area contributed by atoms with E-state index in [9.17, 15) is 34.4 Å². The molecule has 0 aliphatic heterocycles. The Hall–Kier alpha value is -2.93. The molecule has 0 aromatic heterocycles. The van der Waals surface area contributed by atoms with Crippen molar-refractivity contribution in [3.8, 4) is 0 Å². The third-order valence-electron chi connectivity index (χ3n) is 8.21. The summed E-state index contributed by atoms with van der Waals surface area (Å²) in [5.74, 6) is -1.22. The summed E-state index contributed by atoms with van der Waals surface area (Å²) in [7, 11) is -4.69. The zero-order valence-corrected chi connectivity index (χ0v) is 35.4. The Labute approximate surface area is 342 Å². The molecule has 0 rings (SSSR count). The first kappa shape index (κ1) is 54.1. The van der Waals surface area contributed by atoms with Crippen LogP contribution in [0.25, 0.3) is 0 Å². The fourth-order valence-corrected chi connectivity index (χ4v) is 5.69. The van der Waals surface area contributed by atoms with Crippen LogP contribution in [0.5, 0.6) is 0 Å². The van der Waals surface area contributed by atoms with E-state index < -0.39 is 70.6 Å². The third kappa shape index (κ3) is 38.4. The minimum atomic E-state index is -4.69. The first-order valence-electron chi connectivity index (χ1n) is 20.8. The van der Waals surface area contributed by atoms with Gasteiger partial charge in [0.2, 0.25) is 0 Å². The highest BCUT2D eigenvalue weighted by Gasteiger charge is 2.27. The Kier molecular flexibility index (Phi) is 36.6. The van der Waals surface area contributed by atoms with Gasteiger partial charge in [-0.2, -0.15) is 0 Å².